The number of hydrogen-bond donors (Lipinski definition) is 0. The first-order chi connectivity index (χ1) is 8.50. The molecule has 0 bridgehead atoms. The summed E-state index contributed by atoms with van der Waals surface area (Å²) < 4.78 is 0. The maximum Gasteiger partial charge on any atom is 0.00395 e. The normalized spacial score (nSPS) is 11.9. The van der Waals surface area contributed by atoms with E-state index in [1.165, 1.54) is 12.0 Å². The molecule has 0 aromatic heterocycles. The second-order valence-corrected chi connectivity index (χ2v) is 6.47. The summed E-state index contributed by atoms with van der Waals surface area (Å²) in [6, 6.07) is 4.84. The summed E-state index contributed by atoms with van der Waals surface area (Å²) in [5, 5.41) is 1.07. The Morgan fingerprint density at radius 1 is 0.944 bits per heavy atom. The third-order valence-electron chi connectivity index (χ3n) is 3.93. The molecule has 0 unspecified atom stereocenters. The van der Waals surface area contributed by atoms with Gasteiger partial charge in [-0.15, -0.1) is 0 Å². The van der Waals surface area contributed by atoms with Gasteiger partial charge in [0.05, 0.1) is 0 Å². The van der Waals surface area contributed by atoms with Crippen LogP contribution in [0.1, 0.15) is 63.3 Å². The number of halogens is 1. The van der Waals surface area contributed by atoms with Crippen LogP contribution in [0.2, 0.25) is 0 Å². The molecule has 0 atom stereocenters. The van der Waals surface area contributed by atoms with Gasteiger partial charge in [0.2, 0.25) is 0 Å². The molecular formula is C17H27Br. The van der Waals surface area contributed by atoms with E-state index >= 15 is 0 Å². The first-order valence-corrected chi connectivity index (χ1v) is 8.33. The van der Waals surface area contributed by atoms with E-state index in [1.54, 1.807) is 16.7 Å². The smallest absolute Gasteiger partial charge is 0.00395 e. The van der Waals surface area contributed by atoms with Crippen LogP contribution in [-0.2, 0) is 24.7 Å². The molecule has 0 saturated heterocycles. The summed E-state index contributed by atoms with van der Waals surface area (Å²) in [5.41, 5.74) is 6.47. The Bertz CT molecular complexity index is 366. The molecule has 0 aliphatic heterocycles. The molecule has 0 N–H and O–H groups in total. The monoisotopic (exact) mass is 310 g/mol. The van der Waals surface area contributed by atoms with Crippen molar-refractivity contribution in [1.82, 2.24) is 0 Å². The highest BCUT2D eigenvalue weighted by Gasteiger charge is 2.25. The first kappa shape index (κ1) is 15.8. The van der Waals surface area contributed by atoms with Crippen molar-refractivity contribution < 1.29 is 0 Å². The Morgan fingerprint density at radius 3 is 1.78 bits per heavy atom. The van der Waals surface area contributed by atoms with Crippen LogP contribution in [0, 0.1) is 0 Å². The van der Waals surface area contributed by atoms with Crippen LogP contribution < -0.4 is 0 Å². The van der Waals surface area contributed by atoms with E-state index in [1.807, 2.05) is 0 Å². The maximum atomic E-state index is 3.60. The molecule has 18 heavy (non-hydrogen) atoms. The number of alkyl halides is 1. The van der Waals surface area contributed by atoms with E-state index in [-0.39, 0.29) is 5.41 Å². The Morgan fingerprint density at radius 2 is 1.44 bits per heavy atom. The van der Waals surface area contributed by atoms with Crippen molar-refractivity contribution in [2.75, 3.05) is 5.33 Å². The van der Waals surface area contributed by atoms with E-state index in [9.17, 15) is 0 Å². The van der Waals surface area contributed by atoms with Crippen LogP contribution in [0.15, 0.2) is 12.1 Å². The summed E-state index contributed by atoms with van der Waals surface area (Å²) in [5.74, 6) is 0. The van der Waals surface area contributed by atoms with Crippen LogP contribution in [0.4, 0.5) is 0 Å². The average Bonchev–Trinajstić information content (AvgIpc) is 2.36. The van der Waals surface area contributed by atoms with Gasteiger partial charge in [-0.1, -0.05) is 62.7 Å². The quantitative estimate of drug-likeness (QED) is 0.614. The molecule has 102 valence electrons. The van der Waals surface area contributed by atoms with Crippen LogP contribution in [0.25, 0.3) is 0 Å². The van der Waals surface area contributed by atoms with Crippen molar-refractivity contribution in [2.24, 2.45) is 0 Å². The third kappa shape index (κ3) is 3.38. The van der Waals surface area contributed by atoms with Crippen LogP contribution in [0.3, 0.4) is 0 Å². The standard InChI is InChI=1S/C17H27Br/c1-6-13-11-14(7-2)16(15(8-3)12-13)17(4,5)9-10-18/h11-12H,6-10H2,1-5H3. The molecule has 1 heteroatoms. The SMILES string of the molecule is CCc1cc(CC)c(C(C)(C)CCBr)c(CC)c1. The summed E-state index contributed by atoms with van der Waals surface area (Å²) in [6.07, 6.45) is 4.61. The van der Waals surface area contributed by atoms with Crippen LogP contribution >= 0.6 is 15.9 Å². The van der Waals surface area contributed by atoms with Crippen LogP contribution in [-0.4, -0.2) is 5.33 Å². The largest absolute Gasteiger partial charge is 0.0928 e. The summed E-state index contributed by atoms with van der Waals surface area (Å²) in [4.78, 5) is 0. The molecule has 1 aromatic rings. The fourth-order valence-corrected chi connectivity index (χ4v) is 3.82. The van der Waals surface area contributed by atoms with Crippen molar-refractivity contribution in [1.29, 1.82) is 0 Å². The van der Waals surface area contributed by atoms with E-state index in [0.717, 1.165) is 24.6 Å². The number of benzene rings is 1. The highest BCUT2D eigenvalue weighted by molar-refractivity contribution is 9.09. The first-order valence-electron chi connectivity index (χ1n) is 7.21. The van der Waals surface area contributed by atoms with Crippen molar-refractivity contribution in [3.63, 3.8) is 0 Å². The molecule has 0 aliphatic rings. The average molecular weight is 311 g/mol. The molecule has 0 amide bonds. The Labute approximate surface area is 121 Å². The lowest BCUT2D eigenvalue weighted by Gasteiger charge is -2.30. The van der Waals surface area contributed by atoms with Gasteiger partial charge in [-0.3, -0.25) is 0 Å². The minimum absolute atomic E-state index is 0.270. The molecule has 0 radical (unpaired) electrons. The minimum Gasteiger partial charge on any atom is -0.0928 e. The number of rotatable bonds is 6. The van der Waals surface area contributed by atoms with E-state index in [2.05, 4.69) is 62.7 Å². The highest BCUT2D eigenvalue weighted by Crippen LogP contribution is 2.35. The lowest BCUT2D eigenvalue weighted by molar-refractivity contribution is 0.502. The predicted octanol–water partition coefficient (Wildman–Crippen LogP) is 5.44. The van der Waals surface area contributed by atoms with Gasteiger partial charge < -0.3 is 0 Å². The number of hydrogen-bond acceptors (Lipinski definition) is 0. The molecular weight excluding hydrogens is 284 g/mol. The van der Waals surface area contributed by atoms with Crippen molar-refractivity contribution >= 4 is 15.9 Å². The van der Waals surface area contributed by atoms with Gasteiger partial charge >= 0.3 is 0 Å². The van der Waals surface area contributed by atoms with Gasteiger partial charge in [0.1, 0.15) is 0 Å². The van der Waals surface area contributed by atoms with Crippen LogP contribution in [0.5, 0.6) is 0 Å². The third-order valence-corrected chi connectivity index (χ3v) is 4.32. The van der Waals surface area contributed by atoms with E-state index < -0.39 is 0 Å². The summed E-state index contributed by atoms with van der Waals surface area (Å²) >= 11 is 3.60. The van der Waals surface area contributed by atoms with Crippen molar-refractivity contribution in [3.05, 3.63) is 34.4 Å². The molecule has 0 fully saturated rings. The molecule has 1 rings (SSSR count). The fourth-order valence-electron chi connectivity index (χ4n) is 2.83. The Balaban J connectivity index is 3.39. The van der Waals surface area contributed by atoms with Crippen molar-refractivity contribution in [3.8, 4) is 0 Å². The molecule has 0 heterocycles. The summed E-state index contributed by atoms with van der Waals surface area (Å²) in [6.45, 7) is 11.6. The fraction of sp³-hybridized carbons (Fsp3) is 0.647. The van der Waals surface area contributed by atoms with Crippen molar-refractivity contribution in [2.45, 2.75) is 65.7 Å². The number of aryl methyl sites for hydroxylation is 3. The lowest BCUT2D eigenvalue weighted by Crippen LogP contribution is -2.22. The summed E-state index contributed by atoms with van der Waals surface area (Å²) in [7, 11) is 0. The van der Waals surface area contributed by atoms with E-state index in [0.29, 0.717) is 0 Å². The van der Waals surface area contributed by atoms with Gasteiger partial charge in [-0.25, -0.2) is 0 Å². The Kier molecular flexibility index (Phi) is 5.91. The topological polar surface area (TPSA) is 0 Å². The second-order valence-electron chi connectivity index (χ2n) is 5.67. The second kappa shape index (κ2) is 6.75. The lowest BCUT2D eigenvalue weighted by atomic mass is 9.75. The molecule has 0 aliphatic carbocycles. The van der Waals surface area contributed by atoms with Gasteiger partial charge in [0, 0.05) is 5.33 Å². The van der Waals surface area contributed by atoms with Gasteiger partial charge in [0.25, 0.3) is 0 Å². The highest BCUT2D eigenvalue weighted by atomic mass is 79.9. The zero-order valence-electron chi connectivity index (χ0n) is 12.6. The van der Waals surface area contributed by atoms with E-state index in [4.69, 9.17) is 0 Å². The maximum absolute atomic E-state index is 3.60. The predicted molar refractivity (Wildman–Crippen MR) is 86.0 cm³/mol. The van der Waals surface area contributed by atoms with Gasteiger partial charge in [-0.05, 0) is 53.4 Å². The molecule has 0 saturated carbocycles. The zero-order chi connectivity index (χ0) is 13.8. The molecule has 0 nitrogen and oxygen atoms in total. The minimum atomic E-state index is 0.270. The zero-order valence-corrected chi connectivity index (χ0v) is 14.2. The van der Waals surface area contributed by atoms with Gasteiger partial charge in [0.15, 0.2) is 0 Å². The molecule has 0 spiro atoms. The Hall–Kier alpha value is -0.300. The van der Waals surface area contributed by atoms with Gasteiger partial charge in [-0.2, -0.15) is 0 Å². The molecule has 1 aromatic carbocycles.